The zero-order chi connectivity index (χ0) is 23.5. The highest BCUT2D eigenvalue weighted by Crippen LogP contribution is 2.63. The molecule has 3 aromatic rings. The average molecular weight is 458 g/mol. The van der Waals surface area contributed by atoms with Crippen LogP contribution < -0.4 is 0 Å². The third kappa shape index (κ3) is 3.34. The predicted octanol–water partition coefficient (Wildman–Crippen LogP) is 4.70. The molecule has 3 heterocycles. The number of hydrogen-bond donors (Lipinski definition) is 1. The van der Waals surface area contributed by atoms with Gasteiger partial charge in [-0.15, -0.1) is 0 Å². The molecule has 0 spiro atoms. The van der Waals surface area contributed by atoms with E-state index in [0.717, 1.165) is 44.3 Å². The molecule has 6 nitrogen and oxygen atoms in total. The van der Waals surface area contributed by atoms with Gasteiger partial charge in [-0.2, -0.15) is 0 Å². The van der Waals surface area contributed by atoms with Crippen LogP contribution in [-0.4, -0.2) is 38.0 Å². The molecule has 2 fully saturated rings. The minimum atomic E-state index is -0.671. The number of rotatable bonds is 5. The average Bonchev–Trinajstić information content (AvgIpc) is 3.49. The second-order valence-electron chi connectivity index (χ2n) is 10.9. The van der Waals surface area contributed by atoms with Crippen molar-refractivity contribution >= 4 is 22.9 Å². The first-order valence-corrected chi connectivity index (χ1v) is 12.4. The van der Waals surface area contributed by atoms with Crippen LogP contribution in [0.25, 0.3) is 11.0 Å². The highest BCUT2D eigenvalue weighted by molar-refractivity contribution is 5.84. The molecule has 3 aliphatic rings. The number of carboxylic acid groups (broad SMARTS) is 1. The molecule has 2 aromatic heterocycles. The molecule has 2 aliphatic carbocycles. The van der Waals surface area contributed by atoms with E-state index in [-0.39, 0.29) is 11.3 Å². The molecule has 1 aliphatic heterocycles. The molecule has 1 aromatic carbocycles. The number of aromatic nitrogens is 2. The highest BCUT2D eigenvalue weighted by atomic mass is 16.4. The Bertz CT molecular complexity index is 1300. The fourth-order valence-electron chi connectivity index (χ4n) is 6.93. The lowest BCUT2D eigenvalue weighted by Crippen LogP contribution is -2.39. The molecule has 0 unspecified atom stereocenters. The van der Waals surface area contributed by atoms with E-state index >= 15 is 0 Å². The lowest BCUT2D eigenvalue weighted by molar-refractivity contribution is -0.148. The molecule has 1 amide bonds. The molecule has 0 radical (unpaired) electrons. The summed E-state index contributed by atoms with van der Waals surface area (Å²) in [5.41, 5.74) is 5.24. The van der Waals surface area contributed by atoms with Gasteiger partial charge in [0.05, 0.1) is 12.0 Å². The van der Waals surface area contributed by atoms with Crippen LogP contribution in [0.1, 0.15) is 60.9 Å². The topological polar surface area (TPSA) is 75.4 Å². The van der Waals surface area contributed by atoms with E-state index in [1.54, 1.807) is 0 Å². The van der Waals surface area contributed by atoms with Crippen molar-refractivity contribution in [2.75, 3.05) is 6.54 Å². The third-order valence-corrected chi connectivity index (χ3v) is 8.75. The second kappa shape index (κ2) is 7.69. The number of aliphatic carboxylic acids is 1. The van der Waals surface area contributed by atoms with Gasteiger partial charge < -0.3 is 14.6 Å². The van der Waals surface area contributed by atoms with Crippen molar-refractivity contribution in [3.05, 3.63) is 65.0 Å². The zero-order valence-corrected chi connectivity index (χ0v) is 19.7. The van der Waals surface area contributed by atoms with Crippen molar-refractivity contribution in [1.29, 1.82) is 0 Å². The number of nitrogens with zero attached hydrogens (tertiary/aromatic N) is 3. The predicted molar refractivity (Wildman–Crippen MR) is 129 cm³/mol. The van der Waals surface area contributed by atoms with E-state index in [4.69, 9.17) is 4.98 Å². The summed E-state index contributed by atoms with van der Waals surface area (Å²) >= 11 is 0. The maximum absolute atomic E-state index is 13.5. The smallest absolute Gasteiger partial charge is 0.309 e. The minimum Gasteiger partial charge on any atom is -0.481 e. The lowest BCUT2D eigenvalue weighted by Gasteiger charge is -2.33. The van der Waals surface area contributed by atoms with Gasteiger partial charge in [0.2, 0.25) is 5.91 Å². The van der Waals surface area contributed by atoms with Gasteiger partial charge in [0, 0.05) is 36.8 Å². The third-order valence-electron chi connectivity index (χ3n) is 8.75. The van der Waals surface area contributed by atoms with E-state index in [9.17, 15) is 14.7 Å². The van der Waals surface area contributed by atoms with Crippen molar-refractivity contribution in [2.45, 2.75) is 65.0 Å². The number of pyridine rings is 1. The van der Waals surface area contributed by atoms with Crippen molar-refractivity contribution in [3.63, 3.8) is 0 Å². The first kappa shape index (κ1) is 21.4. The van der Waals surface area contributed by atoms with Gasteiger partial charge in [-0.3, -0.25) is 9.59 Å². The number of carbonyl (C=O) groups excluding carboxylic acids is 1. The molecule has 6 heteroatoms. The molecule has 1 N–H and O–H groups in total. The standard InChI is InChI=1S/C28H31N3O3/c1-19-4-2-5-20(14-19)16-31-23-17-30(13-7-21(23)22-6-3-12-29-25(22)31)24(32)15-27-8-10-28(18-27,11-9-27)26(33)34/h2-6,12,14H,7-11,13,15-18H2,1H3,(H,33,34). The van der Waals surface area contributed by atoms with Crippen molar-refractivity contribution in [3.8, 4) is 0 Å². The maximum atomic E-state index is 13.5. The molecule has 6 rings (SSSR count). The van der Waals surface area contributed by atoms with E-state index in [2.05, 4.69) is 41.8 Å². The summed E-state index contributed by atoms with van der Waals surface area (Å²) in [6, 6.07) is 12.7. The van der Waals surface area contributed by atoms with Gasteiger partial charge in [-0.1, -0.05) is 29.8 Å². The van der Waals surface area contributed by atoms with E-state index in [0.29, 0.717) is 25.9 Å². The molecular weight excluding hydrogens is 426 g/mol. The quantitative estimate of drug-likeness (QED) is 0.602. The van der Waals surface area contributed by atoms with Gasteiger partial charge in [0.25, 0.3) is 0 Å². The molecule has 34 heavy (non-hydrogen) atoms. The van der Waals surface area contributed by atoms with Crippen LogP contribution >= 0.6 is 0 Å². The van der Waals surface area contributed by atoms with Gasteiger partial charge in [0.15, 0.2) is 0 Å². The minimum absolute atomic E-state index is 0.119. The van der Waals surface area contributed by atoms with E-state index in [1.807, 2.05) is 17.2 Å². The number of carboxylic acids is 1. The molecule has 0 saturated heterocycles. The van der Waals surface area contributed by atoms with Crippen LogP contribution in [0, 0.1) is 17.8 Å². The van der Waals surface area contributed by atoms with Crippen LogP contribution in [0.15, 0.2) is 42.6 Å². The Kier molecular flexibility index (Phi) is 4.84. The first-order chi connectivity index (χ1) is 16.4. The van der Waals surface area contributed by atoms with Crippen LogP contribution in [-0.2, 0) is 29.1 Å². The molecular formula is C28H31N3O3. The normalized spacial score (nSPS) is 25.6. The Morgan fingerprint density at radius 2 is 1.94 bits per heavy atom. The summed E-state index contributed by atoms with van der Waals surface area (Å²) in [5, 5.41) is 10.9. The molecule has 176 valence electrons. The summed E-state index contributed by atoms with van der Waals surface area (Å²) < 4.78 is 2.29. The zero-order valence-electron chi connectivity index (χ0n) is 19.7. The van der Waals surface area contributed by atoms with Crippen molar-refractivity contribution in [2.24, 2.45) is 10.8 Å². The summed E-state index contributed by atoms with van der Waals surface area (Å²) in [4.78, 5) is 32.1. The Balaban J connectivity index is 1.28. The SMILES string of the molecule is Cc1cccc(Cn2c3c(c4cccnc42)CCN(C(=O)CC24CCC(C(=O)O)(CC2)C4)C3)c1. The van der Waals surface area contributed by atoms with Gasteiger partial charge >= 0.3 is 5.97 Å². The number of carbonyl (C=O) groups is 2. The number of benzene rings is 1. The highest BCUT2D eigenvalue weighted by Gasteiger charge is 2.58. The fourth-order valence-corrected chi connectivity index (χ4v) is 6.93. The maximum Gasteiger partial charge on any atom is 0.309 e. The second-order valence-corrected chi connectivity index (χ2v) is 10.9. The number of amides is 1. The van der Waals surface area contributed by atoms with Crippen molar-refractivity contribution in [1.82, 2.24) is 14.5 Å². The van der Waals surface area contributed by atoms with E-state index in [1.165, 1.54) is 27.8 Å². The van der Waals surface area contributed by atoms with Crippen LogP contribution in [0.2, 0.25) is 0 Å². The van der Waals surface area contributed by atoms with Crippen molar-refractivity contribution < 1.29 is 14.7 Å². The lowest BCUT2D eigenvalue weighted by atomic mass is 9.80. The Morgan fingerprint density at radius 3 is 2.68 bits per heavy atom. The van der Waals surface area contributed by atoms with Gasteiger partial charge in [-0.05, 0) is 74.1 Å². The first-order valence-electron chi connectivity index (χ1n) is 12.4. The molecule has 0 atom stereocenters. The van der Waals surface area contributed by atoms with Crippen LogP contribution in [0.3, 0.4) is 0 Å². The summed E-state index contributed by atoms with van der Waals surface area (Å²) in [7, 11) is 0. The monoisotopic (exact) mass is 457 g/mol. The van der Waals surface area contributed by atoms with Gasteiger partial charge in [-0.25, -0.2) is 4.98 Å². The summed E-state index contributed by atoms with van der Waals surface area (Å²) in [6.45, 7) is 4.15. The van der Waals surface area contributed by atoms with E-state index < -0.39 is 11.4 Å². The van der Waals surface area contributed by atoms with Gasteiger partial charge in [0.1, 0.15) is 5.65 Å². The molecule has 2 bridgehead atoms. The summed E-state index contributed by atoms with van der Waals surface area (Å²) in [5.74, 6) is -0.496. The van der Waals surface area contributed by atoms with Crippen LogP contribution in [0.5, 0.6) is 0 Å². The fraction of sp³-hybridized carbons (Fsp3) is 0.464. The number of fused-ring (bicyclic) bond motifs is 5. The Hall–Kier alpha value is -3.15. The number of hydrogen-bond acceptors (Lipinski definition) is 3. The molecule has 2 saturated carbocycles. The largest absolute Gasteiger partial charge is 0.481 e. The Morgan fingerprint density at radius 1 is 1.12 bits per heavy atom. The van der Waals surface area contributed by atoms with Crippen LogP contribution in [0.4, 0.5) is 0 Å². The summed E-state index contributed by atoms with van der Waals surface area (Å²) in [6.07, 6.45) is 6.98. The Labute approximate surface area is 199 Å². The number of aryl methyl sites for hydroxylation is 1.